The number of aromatic nitrogens is 4. The van der Waals surface area contributed by atoms with Gasteiger partial charge in [0.1, 0.15) is 11.7 Å². The number of benzene rings is 1. The second-order valence-corrected chi connectivity index (χ2v) is 8.24. The van der Waals surface area contributed by atoms with E-state index < -0.39 is 12.2 Å². The highest BCUT2D eigenvalue weighted by Gasteiger charge is 2.46. The minimum atomic E-state index is -4.43. The lowest BCUT2D eigenvalue weighted by Gasteiger charge is -2.30. The average molecular weight is 513 g/mol. The van der Waals surface area contributed by atoms with E-state index in [2.05, 4.69) is 17.1 Å². The van der Waals surface area contributed by atoms with Crippen LogP contribution in [-0.2, 0) is 6.42 Å². The third-order valence-electron chi connectivity index (χ3n) is 6.09. The van der Waals surface area contributed by atoms with E-state index in [-0.39, 0.29) is 43.0 Å². The van der Waals surface area contributed by atoms with Crippen LogP contribution in [0.1, 0.15) is 30.5 Å². The van der Waals surface area contributed by atoms with Crippen LogP contribution in [0.4, 0.5) is 13.2 Å². The van der Waals surface area contributed by atoms with Crippen molar-refractivity contribution < 1.29 is 13.2 Å². The third-order valence-corrected chi connectivity index (χ3v) is 6.09. The summed E-state index contributed by atoms with van der Waals surface area (Å²) in [5.74, 6) is 0.411. The number of likely N-dealkylation sites (tertiary alicyclic amines) is 1. The van der Waals surface area contributed by atoms with Crippen LogP contribution in [0.2, 0.25) is 0 Å². The van der Waals surface area contributed by atoms with Crippen LogP contribution in [0.5, 0.6) is 0 Å². The summed E-state index contributed by atoms with van der Waals surface area (Å²) >= 11 is 0. The van der Waals surface area contributed by atoms with Crippen molar-refractivity contribution in [2.75, 3.05) is 13.1 Å². The first-order valence-corrected chi connectivity index (χ1v) is 10.6. The van der Waals surface area contributed by atoms with Gasteiger partial charge in [0.2, 0.25) is 0 Å². The van der Waals surface area contributed by atoms with Crippen LogP contribution in [0.15, 0.2) is 48.7 Å². The molecular formula is C23H25Cl2F3N6. The van der Waals surface area contributed by atoms with Crippen molar-refractivity contribution in [3.05, 3.63) is 59.8 Å². The highest BCUT2D eigenvalue weighted by molar-refractivity contribution is 5.86. The molecule has 1 aromatic carbocycles. The largest absolute Gasteiger partial charge is 0.408 e. The fourth-order valence-electron chi connectivity index (χ4n) is 4.52. The summed E-state index contributed by atoms with van der Waals surface area (Å²) in [7, 11) is 0. The second-order valence-electron chi connectivity index (χ2n) is 8.24. The van der Waals surface area contributed by atoms with Gasteiger partial charge in [-0.1, -0.05) is 37.3 Å². The molecule has 0 bridgehead atoms. The number of hydrogen-bond donors (Lipinski definition) is 1. The Kier molecular flexibility index (Phi) is 7.72. The fraction of sp³-hybridized carbons (Fsp3) is 0.348. The van der Waals surface area contributed by atoms with Crippen molar-refractivity contribution in [1.29, 1.82) is 0 Å². The number of para-hydroxylation sites is 1. The molecule has 0 saturated carbocycles. The van der Waals surface area contributed by atoms with E-state index >= 15 is 0 Å². The Labute approximate surface area is 207 Å². The van der Waals surface area contributed by atoms with E-state index in [1.54, 1.807) is 10.5 Å². The molecule has 4 aromatic rings. The van der Waals surface area contributed by atoms with Crippen molar-refractivity contribution in [3.8, 4) is 11.5 Å². The zero-order valence-corrected chi connectivity index (χ0v) is 20.0. The van der Waals surface area contributed by atoms with Gasteiger partial charge in [-0.05, 0) is 36.1 Å². The molecule has 0 aliphatic carbocycles. The lowest BCUT2D eigenvalue weighted by Crippen LogP contribution is -2.38. The normalized spacial score (nSPS) is 17.5. The number of nitrogens with zero attached hydrogens (tertiary/aromatic N) is 5. The first-order valence-electron chi connectivity index (χ1n) is 10.6. The van der Waals surface area contributed by atoms with Crippen LogP contribution >= 0.6 is 24.8 Å². The molecule has 6 nitrogen and oxygen atoms in total. The maximum atomic E-state index is 14.1. The first kappa shape index (κ1) is 26.2. The Morgan fingerprint density at radius 2 is 1.88 bits per heavy atom. The standard InChI is InChI=1S/C23H23F3N6.2ClH/c1-2-14-4-3-5-15-6-8-18(28-20(14)15)22-30-29-19-9-7-16(12-32(19)22)21(23(24,25)26)31-11-10-17(27)13-31;;/h3-9,12,17,21H,2,10-11,13,27H2,1H3;2*1H/t17?,21-;;/m1../s1. The molecule has 11 heteroatoms. The Morgan fingerprint density at radius 1 is 1.09 bits per heavy atom. The highest BCUT2D eigenvalue weighted by atomic mass is 35.5. The molecule has 2 atom stereocenters. The van der Waals surface area contributed by atoms with Gasteiger partial charge in [-0.3, -0.25) is 9.30 Å². The number of aryl methyl sites for hydroxylation is 1. The SMILES string of the molecule is CCc1cccc2ccc(-c3nnc4ccc([C@@H](N5CCC(N)C5)C(F)(F)F)cn34)nc12.Cl.Cl. The lowest BCUT2D eigenvalue weighted by atomic mass is 10.1. The zero-order valence-electron chi connectivity index (χ0n) is 18.4. The number of fused-ring (bicyclic) bond motifs is 2. The molecule has 1 saturated heterocycles. The van der Waals surface area contributed by atoms with E-state index in [1.807, 2.05) is 30.3 Å². The molecule has 3 aromatic heterocycles. The smallest absolute Gasteiger partial charge is 0.326 e. The molecule has 1 unspecified atom stereocenters. The summed E-state index contributed by atoms with van der Waals surface area (Å²) in [6.07, 6.45) is -1.58. The molecule has 0 spiro atoms. The van der Waals surface area contributed by atoms with Gasteiger partial charge in [-0.2, -0.15) is 13.2 Å². The zero-order chi connectivity index (χ0) is 22.5. The molecule has 0 amide bonds. The fourth-order valence-corrected chi connectivity index (χ4v) is 4.52. The molecule has 4 heterocycles. The maximum Gasteiger partial charge on any atom is 0.408 e. The minimum absolute atomic E-state index is 0. The average Bonchev–Trinajstić information content (AvgIpc) is 3.38. The Balaban J connectivity index is 0.00000162. The molecule has 2 N–H and O–H groups in total. The summed E-state index contributed by atoms with van der Waals surface area (Å²) in [5, 5.41) is 9.39. The van der Waals surface area contributed by atoms with Gasteiger partial charge in [0.05, 0.1) is 5.52 Å². The number of halogens is 5. The van der Waals surface area contributed by atoms with Crippen LogP contribution in [0.25, 0.3) is 28.1 Å². The van der Waals surface area contributed by atoms with Gasteiger partial charge in [-0.25, -0.2) is 4.98 Å². The van der Waals surface area contributed by atoms with E-state index in [9.17, 15) is 13.2 Å². The van der Waals surface area contributed by atoms with Crippen LogP contribution < -0.4 is 5.73 Å². The molecule has 1 aliphatic heterocycles. The first-order chi connectivity index (χ1) is 15.3. The van der Waals surface area contributed by atoms with Crippen molar-refractivity contribution in [2.45, 2.75) is 38.0 Å². The van der Waals surface area contributed by atoms with Crippen molar-refractivity contribution in [2.24, 2.45) is 5.73 Å². The predicted molar refractivity (Wildman–Crippen MR) is 131 cm³/mol. The van der Waals surface area contributed by atoms with Gasteiger partial charge in [0.25, 0.3) is 0 Å². The van der Waals surface area contributed by atoms with Gasteiger partial charge in [0, 0.05) is 30.7 Å². The summed E-state index contributed by atoms with van der Waals surface area (Å²) in [6, 6.07) is 10.8. The van der Waals surface area contributed by atoms with Crippen LogP contribution in [0, 0.1) is 0 Å². The van der Waals surface area contributed by atoms with Gasteiger partial charge in [-0.15, -0.1) is 35.0 Å². The minimum Gasteiger partial charge on any atom is -0.326 e. The molecule has 1 fully saturated rings. The highest BCUT2D eigenvalue weighted by Crippen LogP contribution is 2.39. The molecular weight excluding hydrogens is 488 g/mol. The second kappa shape index (κ2) is 10.0. The summed E-state index contributed by atoms with van der Waals surface area (Å²) < 4.78 is 43.8. The van der Waals surface area contributed by atoms with E-state index in [1.165, 1.54) is 17.2 Å². The quantitative estimate of drug-likeness (QED) is 0.417. The Hall–Kier alpha value is -2.46. The van der Waals surface area contributed by atoms with Gasteiger partial charge >= 0.3 is 6.18 Å². The van der Waals surface area contributed by atoms with Crippen molar-refractivity contribution in [3.63, 3.8) is 0 Å². The van der Waals surface area contributed by atoms with Gasteiger partial charge < -0.3 is 5.73 Å². The van der Waals surface area contributed by atoms with Crippen LogP contribution in [-0.4, -0.2) is 49.8 Å². The Morgan fingerprint density at radius 3 is 2.56 bits per heavy atom. The van der Waals surface area contributed by atoms with E-state index in [0.717, 1.165) is 22.9 Å². The summed E-state index contributed by atoms with van der Waals surface area (Å²) in [5.41, 5.74) is 9.01. The maximum absolute atomic E-state index is 14.1. The van der Waals surface area contributed by atoms with Crippen LogP contribution in [0.3, 0.4) is 0 Å². The number of hydrogen-bond acceptors (Lipinski definition) is 5. The summed E-state index contributed by atoms with van der Waals surface area (Å²) in [6.45, 7) is 2.58. The number of alkyl halides is 3. The molecule has 34 heavy (non-hydrogen) atoms. The topological polar surface area (TPSA) is 72.3 Å². The van der Waals surface area contributed by atoms with Gasteiger partial charge in [0.15, 0.2) is 11.5 Å². The number of pyridine rings is 2. The molecule has 182 valence electrons. The predicted octanol–water partition coefficient (Wildman–Crippen LogP) is 4.99. The van der Waals surface area contributed by atoms with Crippen molar-refractivity contribution >= 4 is 41.4 Å². The third kappa shape index (κ3) is 4.70. The van der Waals surface area contributed by atoms with E-state index in [0.29, 0.717) is 30.1 Å². The number of nitrogens with two attached hydrogens (primary N) is 1. The van der Waals surface area contributed by atoms with Crippen molar-refractivity contribution in [1.82, 2.24) is 24.5 Å². The molecule has 1 aliphatic rings. The number of rotatable bonds is 4. The lowest BCUT2D eigenvalue weighted by molar-refractivity contribution is -0.183. The van der Waals surface area contributed by atoms with E-state index in [4.69, 9.17) is 10.7 Å². The monoisotopic (exact) mass is 512 g/mol. The summed E-state index contributed by atoms with van der Waals surface area (Å²) in [4.78, 5) is 6.18. The Bertz CT molecular complexity index is 1290. The molecule has 0 radical (unpaired) electrons. The molecule has 5 rings (SSSR count).